The van der Waals surface area contributed by atoms with E-state index in [1.165, 1.54) is 32.1 Å². The van der Waals surface area contributed by atoms with Gasteiger partial charge in [-0.3, -0.25) is 4.79 Å². The number of carbonyl (C=O) groups is 1. The summed E-state index contributed by atoms with van der Waals surface area (Å²) in [5, 5.41) is 3.14. The lowest BCUT2D eigenvalue weighted by Gasteiger charge is -2.38. The topological polar surface area (TPSA) is 29.1 Å². The summed E-state index contributed by atoms with van der Waals surface area (Å²) < 4.78 is 0. The van der Waals surface area contributed by atoms with Crippen LogP contribution in [0.4, 0.5) is 5.69 Å². The average Bonchev–Trinajstić information content (AvgIpc) is 2.54. The summed E-state index contributed by atoms with van der Waals surface area (Å²) in [5.74, 6) is 0.893. The number of hydrogen-bond donors (Lipinski definition) is 1. The van der Waals surface area contributed by atoms with Crippen molar-refractivity contribution in [1.29, 1.82) is 0 Å². The van der Waals surface area contributed by atoms with Crippen LogP contribution in [0.15, 0.2) is 24.3 Å². The first kappa shape index (κ1) is 16.1. The fourth-order valence-electron chi connectivity index (χ4n) is 3.62. The Morgan fingerprint density at radius 2 is 2.00 bits per heavy atom. The van der Waals surface area contributed by atoms with Gasteiger partial charge in [0, 0.05) is 11.1 Å². The van der Waals surface area contributed by atoms with Gasteiger partial charge in [0.1, 0.15) is 0 Å². The average molecular weight is 286 g/mol. The van der Waals surface area contributed by atoms with Crippen molar-refractivity contribution in [3.63, 3.8) is 0 Å². The summed E-state index contributed by atoms with van der Waals surface area (Å²) in [4.78, 5) is 12.9. The van der Waals surface area contributed by atoms with Gasteiger partial charge in [0.15, 0.2) is 0 Å². The molecule has 1 radical (unpaired) electrons. The molecule has 1 saturated carbocycles. The van der Waals surface area contributed by atoms with E-state index in [0.717, 1.165) is 24.9 Å². The molecule has 0 aromatic heterocycles. The number of rotatable bonds is 6. The van der Waals surface area contributed by atoms with Crippen LogP contribution >= 0.6 is 0 Å². The molecule has 1 fully saturated rings. The monoisotopic (exact) mass is 286 g/mol. The van der Waals surface area contributed by atoms with Gasteiger partial charge in [0.2, 0.25) is 5.91 Å². The Kier molecular flexibility index (Phi) is 5.84. The normalized spacial score (nSPS) is 17.7. The van der Waals surface area contributed by atoms with E-state index in [-0.39, 0.29) is 11.3 Å². The molecule has 1 aliphatic carbocycles. The zero-order chi connectivity index (χ0) is 15.1. The predicted molar refractivity (Wildman–Crippen MR) is 88.1 cm³/mol. The molecule has 115 valence electrons. The van der Waals surface area contributed by atoms with Gasteiger partial charge in [-0.1, -0.05) is 58.1 Å². The third kappa shape index (κ3) is 4.09. The van der Waals surface area contributed by atoms with Crippen molar-refractivity contribution < 1.29 is 4.79 Å². The van der Waals surface area contributed by atoms with Crippen molar-refractivity contribution in [3.05, 3.63) is 30.3 Å². The minimum absolute atomic E-state index is 0.148. The lowest BCUT2D eigenvalue weighted by molar-refractivity contribution is -0.128. The molecule has 1 aromatic carbocycles. The molecule has 0 heterocycles. The van der Waals surface area contributed by atoms with Crippen molar-refractivity contribution >= 4 is 11.6 Å². The SMILES string of the molecule is CCC(CC)CC1(C(=O)Nc2c[c]ccc2)CCCCC1. The molecular formula is C19H28NO. The maximum atomic E-state index is 12.9. The second-order valence-electron chi connectivity index (χ2n) is 6.47. The molecular weight excluding hydrogens is 258 g/mol. The first-order chi connectivity index (χ1) is 10.2. The molecule has 0 saturated heterocycles. The van der Waals surface area contributed by atoms with Crippen LogP contribution in [0.2, 0.25) is 0 Å². The van der Waals surface area contributed by atoms with Crippen LogP contribution < -0.4 is 5.32 Å². The lowest BCUT2D eigenvalue weighted by Crippen LogP contribution is -2.39. The molecule has 1 N–H and O–H groups in total. The van der Waals surface area contributed by atoms with E-state index in [1.807, 2.05) is 24.3 Å². The van der Waals surface area contributed by atoms with Gasteiger partial charge in [0.05, 0.1) is 0 Å². The lowest BCUT2D eigenvalue weighted by atomic mass is 9.67. The number of amides is 1. The van der Waals surface area contributed by atoms with Gasteiger partial charge < -0.3 is 5.32 Å². The van der Waals surface area contributed by atoms with Crippen molar-refractivity contribution in [1.82, 2.24) is 0 Å². The highest BCUT2D eigenvalue weighted by atomic mass is 16.2. The van der Waals surface area contributed by atoms with E-state index in [9.17, 15) is 4.79 Å². The van der Waals surface area contributed by atoms with E-state index in [2.05, 4.69) is 25.2 Å². The zero-order valence-corrected chi connectivity index (χ0v) is 13.5. The maximum Gasteiger partial charge on any atom is 0.230 e. The molecule has 2 heteroatoms. The Morgan fingerprint density at radius 3 is 2.57 bits per heavy atom. The van der Waals surface area contributed by atoms with Crippen LogP contribution in [-0.2, 0) is 4.79 Å². The summed E-state index contributed by atoms with van der Waals surface area (Å²) in [5.41, 5.74) is 0.724. The van der Waals surface area contributed by atoms with E-state index in [1.54, 1.807) is 0 Å². The first-order valence-electron chi connectivity index (χ1n) is 8.48. The van der Waals surface area contributed by atoms with Gasteiger partial charge in [-0.05, 0) is 43.4 Å². The van der Waals surface area contributed by atoms with Crippen LogP contribution in [0.3, 0.4) is 0 Å². The van der Waals surface area contributed by atoms with Crippen molar-refractivity contribution in [2.45, 2.75) is 65.2 Å². The predicted octanol–water partition coefficient (Wildman–Crippen LogP) is 5.20. The Hall–Kier alpha value is -1.31. The van der Waals surface area contributed by atoms with Crippen LogP contribution in [0, 0.1) is 17.4 Å². The van der Waals surface area contributed by atoms with E-state index < -0.39 is 0 Å². The number of carbonyl (C=O) groups excluding carboxylic acids is 1. The Bertz CT molecular complexity index is 430. The van der Waals surface area contributed by atoms with Crippen molar-refractivity contribution in [2.24, 2.45) is 11.3 Å². The highest BCUT2D eigenvalue weighted by Gasteiger charge is 2.40. The van der Waals surface area contributed by atoms with Crippen LogP contribution in [0.1, 0.15) is 65.2 Å². The largest absolute Gasteiger partial charge is 0.326 e. The molecule has 21 heavy (non-hydrogen) atoms. The number of anilines is 1. The number of nitrogens with one attached hydrogen (secondary N) is 1. The quantitative estimate of drug-likeness (QED) is 0.765. The van der Waals surface area contributed by atoms with Gasteiger partial charge in [-0.2, -0.15) is 0 Å². The molecule has 1 aliphatic rings. The molecule has 1 amide bonds. The zero-order valence-electron chi connectivity index (χ0n) is 13.5. The molecule has 0 atom stereocenters. The summed E-state index contributed by atoms with van der Waals surface area (Å²) in [6.45, 7) is 4.49. The van der Waals surface area contributed by atoms with Crippen LogP contribution in [0.5, 0.6) is 0 Å². The fraction of sp³-hybridized carbons (Fsp3) is 0.632. The summed E-state index contributed by atoms with van der Waals surface area (Å²) in [7, 11) is 0. The summed E-state index contributed by atoms with van der Waals surface area (Å²) in [6, 6.07) is 10.6. The smallest absolute Gasteiger partial charge is 0.230 e. The minimum Gasteiger partial charge on any atom is -0.326 e. The van der Waals surface area contributed by atoms with Gasteiger partial charge in [-0.15, -0.1) is 0 Å². The standard InChI is InChI=1S/C19H28NO/c1-3-16(4-2)15-19(13-9-6-10-14-19)18(21)20-17-11-7-5-8-12-17/h5,7,11-12,16H,3-4,6,9-10,13-15H2,1-2H3,(H,20,21). The van der Waals surface area contributed by atoms with Crippen molar-refractivity contribution in [2.75, 3.05) is 5.32 Å². The third-order valence-corrected chi connectivity index (χ3v) is 5.09. The highest BCUT2D eigenvalue weighted by Crippen LogP contribution is 2.43. The third-order valence-electron chi connectivity index (χ3n) is 5.09. The van der Waals surface area contributed by atoms with Gasteiger partial charge >= 0.3 is 0 Å². The van der Waals surface area contributed by atoms with Crippen LogP contribution in [-0.4, -0.2) is 5.91 Å². The minimum atomic E-state index is -0.148. The second kappa shape index (κ2) is 7.63. The fourth-order valence-corrected chi connectivity index (χ4v) is 3.62. The van der Waals surface area contributed by atoms with Gasteiger partial charge in [0.25, 0.3) is 0 Å². The highest BCUT2D eigenvalue weighted by molar-refractivity contribution is 5.95. The molecule has 2 nitrogen and oxygen atoms in total. The molecule has 2 rings (SSSR count). The number of benzene rings is 1. The van der Waals surface area contributed by atoms with Crippen molar-refractivity contribution in [3.8, 4) is 0 Å². The second-order valence-corrected chi connectivity index (χ2v) is 6.47. The first-order valence-corrected chi connectivity index (χ1v) is 8.48. The molecule has 0 aliphatic heterocycles. The summed E-state index contributed by atoms with van der Waals surface area (Å²) >= 11 is 0. The van der Waals surface area contributed by atoms with Gasteiger partial charge in [-0.25, -0.2) is 0 Å². The molecule has 0 bridgehead atoms. The summed E-state index contributed by atoms with van der Waals surface area (Å²) in [6.07, 6.45) is 9.13. The maximum absolute atomic E-state index is 12.9. The molecule has 1 aromatic rings. The van der Waals surface area contributed by atoms with E-state index >= 15 is 0 Å². The molecule has 0 unspecified atom stereocenters. The number of hydrogen-bond acceptors (Lipinski definition) is 1. The Labute approximate surface area is 129 Å². The molecule has 0 spiro atoms. The Balaban J connectivity index is 2.12. The Morgan fingerprint density at radius 1 is 1.29 bits per heavy atom. The van der Waals surface area contributed by atoms with E-state index in [4.69, 9.17) is 0 Å². The van der Waals surface area contributed by atoms with Crippen LogP contribution in [0.25, 0.3) is 0 Å². The van der Waals surface area contributed by atoms with E-state index in [0.29, 0.717) is 5.92 Å².